The van der Waals surface area contributed by atoms with E-state index in [1.807, 2.05) is 33.8 Å². The second-order valence-corrected chi connectivity index (χ2v) is 10.5. The van der Waals surface area contributed by atoms with Crippen LogP contribution < -0.4 is 16.2 Å². The Morgan fingerprint density at radius 3 is 1.94 bits per heavy atom. The predicted molar refractivity (Wildman–Crippen MR) is 132 cm³/mol. The lowest BCUT2D eigenvalue weighted by molar-refractivity contribution is -0.123. The van der Waals surface area contributed by atoms with E-state index in [1.54, 1.807) is 54.6 Å². The van der Waals surface area contributed by atoms with E-state index in [9.17, 15) is 18.0 Å². The van der Waals surface area contributed by atoms with Gasteiger partial charge in [0.15, 0.2) is 0 Å². The van der Waals surface area contributed by atoms with Gasteiger partial charge in [0, 0.05) is 5.56 Å². The van der Waals surface area contributed by atoms with Gasteiger partial charge in [0.25, 0.3) is 11.8 Å². The first-order valence-electron chi connectivity index (χ1n) is 10.9. The molecule has 0 bridgehead atoms. The smallest absolute Gasteiger partial charge is 0.261 e. The number of aryl methyl sites for hydroxylation is 2. The van der Waals surface area contributed by atoms with E-state index >= 15 is 0 Å². The van der Waals surface area contributed by atoms with Crippen LogP contribution in [0.3, 0.4) is 0 Å². The Morgan fingerprint density at radius 2 is 1.38 bits per heavy atom. The highest BCUT2D eigenvalue weighted by molar-refractivity contribution is 7.91. The summed E-state index contributed by atoms with van der Waals surface area (Å²) in [5.41, 5.74) is 8.29. The average Bonchev–Trinajstić information content (AvgIpc) is 2.81. The maximum atomic E-state index is 12.8. The largest absolute Gasteiger partial charge is 0.340 e. The van der Waals surface area contributed by atoms with Gasteiger partial charge < -0.3 is 5.32 Å². The number of anilines is 1. The van der Waals surface area contributed by atoms with Gasteiger partial charge in [0.05, 0.1) is 15.5 Å². The molecule has 0 fully saturated rings. The fraction of sp³-hybridized carbons (Fsp3) is 0.231. The van der Waals surface area contributed by atoms with E-state index < -0.39 is 21.8 Å². The number of hydrazine groups is 1. The fourth-order valence-electron chi connectivity index (χ4n) is 3.33. The monoisotopic (exact) mass is 479 g/mol. The average molecular weight is 480 g/mol. The molecule has 8 heteroatoms. The van der Waals surface area contributed by atoms with Crippen molar-refractivity contribution in [3.8, 4) is 0 Å². The second kappa shape index (κ2) is 10.5. The zero-order valence-electron chi connectivity index (χ0n) is 19.6. The highest BCUT2D eigenvalue weighted by Gasteiger charge is 2.25. The Labute approximate surface area is 200 Å². The minimum Gasteiger partial charge on any atom is -0.340 e. The van der Waals surface area contributed by atoms with E-state index in [1.165, 1.54) is 12.1 Å². The Balaban J connectivity index is 1.64. The summed E-state index contributed by atoms with van der Waals surface area (Å²) in [6, 6.07) is 19.1. The predicted octanol–water partition coefficient (Wildman–Crippen LogP) is 4.03. The van der Waals surface area contributed by atoms with Gasteiger partial charge in [-0.1, -0.05) is 49.2 Å². The zero-order chi connectivity index (χ0) is 24.9. The van der Waals surface area contributed by atoms with Gasteiger partial charge in [-0.3, -0.25) is 20.4 Å². The van der Waals surface area contributed by atoms with Crippen LogP contribution in [0.1, 0.15) is 35.3 Å². The molecule has 7 nitrogen and oxygen atoms in total. The number of carbonyl (C=O) groups excluding carboxylic acids is 2. The van der Waals surface area contributed by atoms with Crippen molar-refractivity contribution in [3.05, 3.63) is 89.5 Å². The number of amides is 2. The molecule has 3 rings (SSSR count). The summed E-state index contributed by atoms with van der Waals surface area (Å²) < 4.78 is 25.6. The number of benzene rings is 3. The molecule has 178 valence electrons. The lowest BCUT2D eigenvalue weighted by Crippen LogP contribution is -2.51. The second-order valence-electron chi connectivity index (χ2n) is 8.52. The van der Waals surface area contributed by atoms with Crippen molar-refractivity contribution >= 4 is 27.3 Å². The van der Waals surface area contributed by atoms with E-state index in [2.05, 4.69) is 16.2 Å². The van der Waals surface area contributed by atoms with Crippen LogP contribution in [-0.2, 0) is 14.6 Å². The van der Waals surface area contributed by atoms with Crippen molar-refractivity contribution in [2.45, 2.75) is 43.5 Å². The highest BCUT2D eigenvalue weighted by atomic mass is 32.2. The molecular weight excluding hydrogens is 450 g/mol. The van der Waals surface area contributed by atoms with Gasteiger partial charge in [0.1, 0.15) is 6.04 Å². The molecule has 3 aromatic rings. The lowest BCUT2D eigenvalue weighted by Gasteiger charge is -2.22. The van der Waals surface area contributed by atoms with Crippen molar-refractivity contribution in [2.75, 3.05) is 5.43 Å². The molecule has 0 spiro atoms. The van der Waals surface area contributed by atoms with Crippen LogP contribution in [0.4, 0.5) is 5.69 Å². The molecule has 0 aromatic heterocycles. The number of rotatable bonds is 8. The molecule has 0 radical (unpaired) electrons. The lowest BCUT2D eigenvalue weighted by atomic mass is 10.0. The molecule has 0 saturated carbocycles. The summed E-state index contributed by atoms with van der Waals surface area (Å²) in [5.74, 6) is -0.895. The topological polar surface area (TPSA) is 104 Å². The Kier molecular flexibility index (Phi) is 7.73. The van der Waals surface area contributed by atoms with Crippen molar-refractivity contribution in [3.63, 3.8) is 0 Å². The Hall–Kier alpha value is -3.65. The molecule has 0 unspecified atom stereocenters. The maximum Gasteiger partial charge on any atom is 0.261 e. The quantitative estimate of drug-likeness (QED) is 0.423. The summed E-state index contributed by atoms with van der Waals surface area (Å²) in [4.78, 5) is 25.7. The van der Waals surface area contributed by atoms with Crippen molar-refractivity contribution in [2.24, 2.45) is 5.92 Å². The third-order valence-electron chi connectivity index (χ3n) is 5.34. The first-order chi connectivity index (χ1) is 16.1. The Morgan fingerprint density at radius 1 is 0.794 bits per heavy atom. The van der Waals surface area contributed by atoms with Crippen LogP contribution >= 0.6 is 0 Å². The number of carbonyl (C=O) groups is 2. The van der Waals surface area contributed by atoms with Crippen LogP contribution in [-0.4, -0.2) is 26.3 Å². The summed E-state index contributed by atoms with van der Waals surface area (Å²) >= 11 is 0. The van der Waals surface area contributed by atoms with Crippen molar-refractivity contribution in [1.29, 1.82) is 0 Å². The SMILES string of the molecule is Cc1ccc(S(=O)(=O)c2ccc(NNC(=O)[C@H](NC(=O)c3cccc(C)c3)C(C)C)cc2)cc1. The molecule has 3 N–H and O–H groups in total. The van der Waals surface area contributed by atoms with Gasteiger partial charge in [-0.15, -0.1) is 0 Å². The van der Waals surface area contributed by atoms with E-state index in [0.29, 0.717) is 11.3 Å². The van der Waals surface area contributed by atoms with Crippen LogP contribution in [0.15, 0.2) is 82.6 Å². The standard InChI is InChI=1S/C26H29N3O4S/c1-17(2)24(27-25(30)20-7-5-6-19(4)16-20)26(31)29-28-21-10-14-23(15-11-21)34(32,33)22-12-8-18(3)9-13-22/h5-17,24,28H,1-4H3,(H,27,30)(H,29,31)/t24-/m1/s1. The van der Waals surface area contributed by atoms with Gasteiger partial charge >= 0.3 is 0 Å². The molecular formula is C26H29N3O4S. The third-order valence-corrected chi connectivity index (χ3v) is 7.13. The first-order valence-corrected chi connectivity index (χ1v) is 12.4. The summed E-state index contributed by atoms with van der Waals surface area (Å²) in [7, 11) is -3.63. The van der Waals surface area contributed by atoms with Crippen molar-refractivity contribution < 1.29 is 18.0 Å². The zero-order valence-corrected chi connectivity index (χ0v) is 20.4. The van der Waals surface area contributed by atoms with Crippen molar-refractivity contribution in [1.82, 2.24) is 10.7 Å². The van der Waals surface area contributed by atoms with Gasteiger partial charge in [0.2, 0.25) is 9.84 Å². The van der Waals surface area contributed by atoms with E-state index in [4.69, 9.17) is 0 Å². The number of hydrogen-bond donors (Lipinski definition) is 3. The number of hydrogen-bond acceptors (Lipinski definition) is 5. The molecule has 0 saturated heterocycles. The van der Waals surface area contributed by atoms with Gasteiger partial charge in [-0.05, 0) is 68.3 Å². The molecule has 0 aliphatic heterocycles. The molecule has 0 heterocycles. The fourth-order valence-corrected chi connectivity index (χ4v) is 4.59. The molecule has 2 amide bonds. The molecule has 1 atom stereocenters. The molecule has 3 aromatic carbocycles. The van der Waals surface area contributed by atoms with Crippen LogP contribution in [0.25, 0.3) is 0 Å². The summed E-state index contributed by atoms with van der Waals surface area (Å²) in [6.07, 6.45) is 0. The first kappa shape index (κ1) is 25.0. The van der Waals surface area contributed by atoms with Gasteiger partial charge in [-0.25, -0.2) is 8.42 Å². The van der Waals surface area contributed by atoms with Crippen LogP contribution in [0.2, 0.25) is 0 Å². The maximum absolute atomic E-state index is 12.8. The summed E-state index contributed by atoms with van der Waals surface area (Å²) in [6.45, 7) is 7.46. The molecule has 34 heavy (non-hydrogen) atoms. The minimum atomic E-state index is -3.63. The minimum absolute atomic E-state index is 0.152. The number of sulfone groups is 1. The molecule has 0 aliphatic rings. The normalized spacial score (nSPS) is 12.1. The molecule has 0 aliphatic carbocycles. The van der Waals surface area contributed by atoms with E-state index in [-0.39, 0.29) is 21.6 Å². The highest BCUT2D eigenvalue weighted by Crippen LogP contribution is 2.22. The third kappa shape index (κ3) is 6.02. The number of nitrogens with one attached hydrogen (secondary N) is 3. The van der Waals surface area contributed by atoms with Crippen LogP contribution in [0.5, 0.6) is 0 Å². The van der Waals surface area contributed by atoms with E-state index in [0.717, 1.165) is 11.1 Å². The van der Waals surface area contributed by atoms with Crippen LogP contribution in [0, 0.1) is 19.8 Å². The Bertz CT molecular complexity index is 1270. The van der Waals surface area contributed by atoms with Gasteiger partial charge in [-0.2, -0.15) is 0 Å². The summed E-state index contributed by atoms with van der Waals surface area (Å²) in [5, 5.41) is 2.78.